The molecular formula is C15H25N3O. The normalized spacial score (nSPS) is 16.6. The largest absolute Gasteiger partial charge is 0.381 e. The van der Waals surface area contributed by atoms with Crippen molar-refractivity contribution in [1.82, 2.24) is 10.3 Å². The van der Waals surface area contributed by atoms with Crippen LogP contribution in [0.3, 0.4) is 0 Å². The molecule has 0 atom stereocenters. The standard InChI is InChI=1S/C15H25N3O/c1-12-8-14(9-16-2)10-17-15(12)18(3)11-13-4-6-19-7-5-13/h8,10,13,16H,4-7,9,11H2,1-3H3. The van der Waals surface area contributed by atoms with Gasteiger partial charge in [-0.05, 0) is 49.9 Å². The molecule has 1 N–H and O–H groups in total. The Balaban J connectivity index is 1.99. The molecule has 4 nitrogen and oxygen atoms in total. The third kappa shape index (κ3) is 3.91. The van der Waals surface area contributed by atoms with E-state index in [-0.39, 0.29) is 0 Å². The molecule has 1 aromatic heterocycles. The lowest BCUT2D eigenvalue weighted by Crippen LogP contribution is -2.30. The van der Waals surface area contributed by atoms with Gasteiger partial charge in [-0.15, -0.1) is 0 Å². The molecule has 1 fully saturated rings. The van der Waals surface area contributed by atoms with Crippen molar-refractivity contribution in [2.24, 2.45) is 5.92 Å². The van der Waals surface area contributed by atoms with E-state index in [1.165, 1.54) is 24.0 Å². The van der Waals surface area contributed by atoms with Crippen LogP contribution in [-0.4, -0.2) is 38.8 Å². The van der Waals surface area contributed by atoms with Crippen LogP contribution in [0.4, 0.5) is 5.82 Å². The van der Waals surface area contributed by atoms with Crippen molar-refractivity contribution in [2.45, 2.75) is 26.3 Å². The molecule has 2 heterocycles. The highest BCUT2D eigenvalue weighted by Gasteiger charge is 2.17. The van der Waals surface area contributed by atoms with Crippen LogP contribution in [0.2, 0.25) is 0 Å². The Labute approximate surface area is 116 Å². The number of nitrogens with one attached hydrogen (secondary N) is 1. The Kier molecular flexibility index (Phi) is 5.16. The second-order valence-corrected chi connectivity index (χ2v) is 5.45. The molecule has 1 aliphatic rings. The highest BCUT2D eigenvalue weighted by Crippen LogP contribution is 2.21. The average molecular weight is 263 g/mol. The zero-order valence-electron chi connectivity index (χ0n) is 12.3. The zero-order valence-corrected chi connectivity index (χ0v) is 12.3. The van der Waals surface area contributed by atoms with Crippen LogP contribution in [0.15, 0.2) is 12.3 Å². The van der Waals surface area contributed by atoms with E-state index in [0.717, 1.165) is 38.0 Å². The molecule has 2 rings (SSSR count). The summed E-state index contributed by atoms with van der Waals surface area (Å²) < 4.78 is 5.41. The van der Waals surface area contributed by atoms with Crippen molar-refractivity contribution in [2.75, 3.05) is 38.8 Å². The fourth-order valence-corrected chi connectivity index (χ4v) is 2.73. The molecule has 0 spiro atoms. The van der Waals surface area contributed by atoms with Gasteiger partial charge in [-0.3, -0.25) is 0 Å². The van der Waals surface area contributed by atoms with E-state index in [1.54, 1.807) is 0 Å². The summed E-state index contributed by atoms with van der Waals surface area (Å²) in [5.74, 6) is 1.84. The zero-order chi connectivity index (χ0) is 13.7. The summed E-state index contributed by atoms with van der Waals surface area (Å²) >= 11 is 0. The lowest BCUT2D eigenvalue weighted by atomic mass is 10.00. The molecule has 0 aromatic carbocycles. The molecule has 0 bridgehead atoms. The van der Waals surface area contributed by atoms with Crippen molar-refractivity contribution in [3.05, 3.63) is 23.4 Å². The highest BCUT2D eigenvalue weighted by atomic mass is 16.5. The third-order valence-electron chi connectivity index (χ3n) is 3.72. The number of rotatable bonds is 5. The number of nitrogens with zero attached hydrogens (tertiary/aromatic N) is 2. The van der Waals surface area contributed by atoms with Gasteiger partial charge in [0, 0.05) is 39.5 Å². The molecule has 106 valence electrons. The summed E-state index contributed by atoms with van der Waals surface area (Å²) in [5, 5.41) is 3.16. The Morgan fingerprint density at radius 2 is 2.16 bits per heavy atom. The fourth-order valence-electron chi connectivity index (χ4n) is 2.73. The first-order chi connectivity index (χ1) is 9.20. The molecule has 19 heavy (non-hydrogen) atoms. The quantitative estimate of drug-likeness (QED) is 0.881. The van der Waals surface area contributed by atoms with Crippen LogP contribution in [0.1, 0.15) is 24.0 Å². The van der Waals surface area contributed by atoms with Crippen molar-refractivity contribution in [3.63, 3.8) is 0 Å². The van der Waals surface area contributed by atoms with Crippen molar-refractivity contribution in [1.29, 1.82) is 0 Å². The van der Waals surface area contributed by atoms with Gasteiger partial charge >= 0.3 is 0 Å². The van der Waals surface area contributed by atoms with E-state index in [4.69, 9.17) is 4.74 Å². The lowest BCUT2D eigenvalue weighted by molar-refractivity contribution is 0.0685. The van der Waals surface area contributed by atoms with Gasteiger partial charge in [0.05, 0.1) is 0 Å². The maximum absolute atomic E-state index is 5.41. The highest BCUT2D eigenvalue weighted by molar-refractivity contribution is 5.46. The summed E-state index contributed by atoms with van der Waals surface area (Å²) in [5.41, 5.74) is 2.49. The maximum atomic E-state index is 5.41. The molecular weight excluding hydrogens is 238 g/mol. The van der Waals surface area contributed by atoms with Gasteiger partial charge < -0.3 is 15.0 Å². The lowest BCUT2D eigenvalue weighted by Gasteiger charge is -2.28. The number of aromatic nitrogens is 1. The van der Waals surface area contributed by atoms with Crippen molar-refractivity contribution in [3.8, 4) is 0 Å². The van der Waals surface area contributed by atoms with Crippen LogP contribution in [0.5, 0.6) is 0 Å². The molecule has 1 aliphatic heterocycles. The SMILES string of the molecule is CNCc1cnc(N(C)CC2CCOCC2)c(C)c1. The third-order valence-corrected chi connectivity index (χ3v) is 3.72. The first kappa shape index (κ1) is 14.3. The van der Waals surface area contributed by atoms with E-state index < -0.39 is 0 Å². The minimum absolute atomic E-state index is 0.733. The summed E-state index contributed by atoms with van der Waals surface area (Å²) in [4.78, 5) is 6.90. The van der Waals surface area contributed by atoms with Crippen LogP contribution in [-0.2, 0) is 11.3 Å². The monoisotopic (exact) mass is 263 g/mol. The Morgan fingerprint density at radius 1 is 1.42 bits per heavy atom. The molecule has 0 radical (unpaired) electrons. The van der Waals surface area contributed by atoms with Crippen LogP contribution in [0, 0.1) is 12.8 Å². The summed E-state index contributed by atoms with van der Waals surface area (Å²) in [6, 6.07) is 2.22. The number of hydrogen-bond acceptors (Lipinski definition) is 4. The Morgan fingerprint density at radius 3 is 2.79 bits per heavy atom. The van der Waals surface area contributed by atoms with Crippen molar-refractivity contribution >= 4 is 5.82 Å². The second-order valence-electron chi connectivity index (χ2n) is 5.45. The molecule has 0 aliphatic carbocycles. The minimum atomic E-state index is 0.733. The van der Waals surface area contributed by atoms with Gasteiger partial charge in [0.2, 0.25) is 0 Å². The molecule has 0 amide bonds. The predicted molar refractivity (Wildman–Crippen MR) is 78.6 cm³/mol. The Hall–Kier alpha value is -1.13. The van der Waals surface area contributed by atoms with Gasteiger partial charge in [-0.25, -0.2) is 4.98 Å². The number of pyridine rings is 1. The number of ether oxygens (including phenoxy) is 1. The minimum Gasteiger partial charge on any atom is -0.381 e. The molecule has 1 aromatic rings. The van der Waals surface area contributed by atoms with Gasteiger partial charge in [0.1, 0.15) is 5.82 Å². The van der Waals surface area contributed by atoms with E-state index >= 15 is 0 Å². The summed E-state index contributed by atoms with van der Waals surface area (Å²) in [7, 11) is 4.10. The van der Waals surface area contributed by atoms with Crippen LogP contribution < -0.4 is 10.2 Å². The summed E-state index contributed by atoms with van der Waals surface area (Å²) in [6.07, 6.45) is 4.31. The van der Waals surface area contributed by atoms with E-state index in [9.17, 15) is 0 Å². The number of hydrogen-bond donors (Lipinski definition) is 1. The smallest absolute Gasteiger partial charge is 0.131 e. The molecule has 0 saturated carbocycles. The maximum Gasteiger partial charge on any atom is 0.131 e. The van der Waals surface area contributed by atoms with E-state index in [1.807, 2.05) is 13.2 Å². The fraction of sp³-hybridized carbons (Fsp3) is 0.667. The molecule has 0 unspecified atom stereocenters. The topological polar surface area (TPSA) is 37.4 Å². The van der Waals surface area contributed by atoms with Gasteiger partial charge in [-0.2, -0.15) is 0 Å². The first-order valence-electron chi connectivity index (χ1n) is 7.09. The van der Waals surface area contributed by atoms with Gasteiger partial charge in [-0.1, -0.05) is 0 Å². The van der Waals surface area contributed by atoms with Crippen LogP contribution in [0.25, 0.3) is 0 Å². The predicted octanol–water partition coefficient (Wildman–Crippen LogP) is 1.97. The number of aryl methyl sites for hydroxylation is 1. The second kappa shape index (κ2) is 6.87. The Bertz CT molecular complexity index is 402. The van der Waals surface area contributed by atoms with Gasteiger partial charge in [0.25, 0.3) is 0 Å². The van der Waals surface area contributed by atoms with Gasteiger partial charge in [0.15, 0.2) is 0 Å². The first-order valence-corrected chi connectivity index (χ1v) is 7.09. The molecule has 4 heteroatoms. The van der Waals surface area contributed by atoms with Crippen LogP contribution >= 0.6 is 0 Å². The van der Waals surface area contributed by atoms with E-state index in [0.29, 0.717) is 0 Å². The number of anilines is 1. The summed E-state index contributed by atoms with van der Waals surface area (Å²) in [6.45, 7) is 5.90. The van der Waals surface area contributed by atoms with E-state index in [2.05, 4.69) is 35.2 Å². The molecule has 1 saturated heterocycles. The average Bonchev–Trinajstić information content (AvgIpc) is 2.40. The van der Waals surface area contributed by atoms with Crippen molar-refractivity contribution < 1.29 is 4.74 Å².